The van der Waals surface area contributed by atoms with Crippen molar-refractivity contribution in [3.63, 3.8) is 0 Å². The van der Waals surface area contributed by atoms with Crippen LogP contribution >= 0.6 is 0 Å². The quantitative estimate of drug-likeness (QED) is 0.182. The molecule has 212 valence electrons. The fourth-order valence-corrected chi connectivity index (χ4v) is 16.3. The molecule has 0 aromatic heterocycles. The summed E-state index contributed by atoms with van der Waals surface area (Å²) in [6.07, 6.45) is 5.99. The van der Waals surface area contributed by atoms with Crippen LogP contribution in [0.4, 0.5) is 0 Å². The van der Waals surface area contributed by atoms with Gasteiger partial charge in [-0.15, -0.1) is 0 Å². The predicted molar refractivity (Wildman–Crippen MR) is 178 cm³/mol. The summed E-state index contributed by atoms with van der Waals surface area (Å²) in [5.74, 6) is 1.11. The Bertz CT molecular complexity index is 1600. The molecule has 0 nitrogen and oxygen atoms in total. The van der Waals surface area contributed by atoms with E-state index in [2.05, 4.69) is 145 Å². The molecule has 0 radical (unpaired) electrons. The van der Waals surface area contributed by atoms with Crippen LogP contribution in [-0.2, 0) is 34.1 Å². The van der Waals surface area contributed by atoms with Gasteiger partial charge in [-0.1, -0.05) is 0 Å². The molecule has 6 rings (SSSR count). The molecule has 0 spiro atoms. The second-order valence-corrected chi connectivity index (χ2v) is 18.9. The van der Waals surface area contributed by atoms with Crippen LogP contribution in [0, 0.1) is 11.8 Å². The Morgan fingerprint density at radius 1 is 0.667 bits per heavy atom. The maximum absolute atomic E-state index is 2.74. The fourth-order valence-electron chi connectivity index (χ4n) is 7.18. The second-order valence-electron chi connectivity index (χ2n) is 12.6. The average molecular weight is 628 g/mol. The van der Waals surface area contributed by atoms with Crippen LogP contribution in [-0.4, -0.2) is 3.21 Å². The molecule has 0 unspecified atom stereocenters. The summed E-state index contributed by atoms with van der Waals surface area (Å²) in [6.45, 7) is 14.2. The predicted octanol–water partition coefficient (Wildman–Crippen LogP) is 10.7. The number of rotatable bonds is 8. The summed E-state index contributed by atoms with van der Waals surface area (Å²) in [6, 6.07) is 37.5. The number of fused-ring (bicyclic) bond motifs is 3. The van der Waals surface area contributed by atoms with Gasteiger partial charge in [-0.05, 0) is 0 Å². The summed E-state index contributed by atoms with van der Waals surface area (Å²) in [5, 5.41) is 0. The van der Waals surface area contributed by atoms with E-state index in [1.165, 1.54) is 33.4 Å². The molecular formula is C41H44Zr. The van der Waals surface area contributed by atoms with E-state index >= 15 is 0 Å². The molecular weight excluding hydrogens is 584 g/mol. The zero-order chi connectivity index (χ0) is 29.4. The summed E-state index contributed by atoms with van der Waals surface area (Å²) < 4.78 is 3.86. The van der Waals surface area contributed by atoms with Crippen LogP contribution in [0.5, 0.6) is 0 Å². The van der Waals surface area contributed by atoms with Crippen molar-refractivity contribution in [2.24, 2.45) is 11.8 Å². The van der Waals surface area contributed by atoms with E-state index in [0.29, 0.717) is 15.5 Å². The molecule has 0 bridgehead atoms. The van der Waals surface area contributed by atoms with E-state index < -0.39 is 21.3 Å². The first-order chi connectivity index (χ1) is 20.4. The molecule has 2 aliphatic rings. The van der Waals surface area contributed by atoms with Gasteiger partial charge in [-0.2, -0.15) is 0 Å². The van der Waals surface area contributed by atoms with E-state index in [1.54, 1.807) is 28.8 Å². The number of hydrogen-bond acceptors (Lipinski definition) is 0. The van der Waals surface area contributed by atoms with Gasteiger partial charge in [-0.3, -0.25) is 0 Å². The van der Waals surface area contributed by atoms with Crippen molar-refractivity contribution >= 4 is 3.21 Å². The zero-order valence-corrected chi connectivity index (χ0v) is 28.6. The molecule has 4 aromatic carbocycles. The topological polar surface area (TPSA) is 0 Å². The number of allylic oxidation sites excluding steroid dienone is 4. The third-order valence-electron chi connectivity index (χ3n) is 9.39. The molecule has 0 atom stereocenters. The van der Waals surface area contributed by atoms with Crippen LogP contribution in [0.15, 0.2) is 118 Å². The molecule has 0 fully saturated rings. The van der Waals surface area contributed by atoms with Crippen LogP contribution in [0.25, 0.3) is 11.1 Å². The molecule has 0 aliphatic heterocycles. The molecule has 0 heterocycles. The van der Waals surface area contributed by atoms with Crippen molar-refractivity contribution in [2.45, 2.75) is 64.4 Å². The Hall–Kier alpha value is -2.89. The molecule has 1 heteroatoms. The Balaban J connectivity index is 1.73. The van der Waals surface area contributed by atoms with Gasteiger partial charge in [0.2, 0.25) is 0 Å². The molecule has 42 heavy (non-hydrogen) atoms. The van der Waals surface area contributed by atoms with Crippen molar-refractivity contribution < 1.29 is 21.3 Å². The fraction of sp³-hybridized carbons (Fsp3) is 0.293. The minimum atomic E-state index is -2.74. The van der Waals surface area contributed by atoms with Crippen LogP contribution < -0.4 is 0 Å². The van der Waals surface area contributed by atoms with Crippen molar-refractivity contribution in [2.75, 3.05) is 0 Å². The van der Waals surface area contributed by atoms with Crippen LogP contribution in [0.3, 0.4) is 0 Å². The average Bonchev–Trinajstić information content (AvgIpc) is 3.60. The van der Waals surface area contributed by atoms with Crippen molar-refractivity contribution in [1.82, 2.24) is 0 Å². The minimum absolute atomic E-state index is 0.456. The van der Waals surface area contributed by atoms with E-state index in [0.717, 1.165) is 19.3 Å². The molecule has 0 saturated carbocycles. The Morgan fingerprint density at radius 3 is 1.57 bits per heavy atom. The van der Waals surface area contributed by atoms with E-state index in [4.69, 9.17) is 0 Å². The molecule has 0 N–H and O–H groups in total. The molecule has 0 saturated heterocycles. The van der Waals surface area contributed by atoms with Gasteiger partial charge in [-0.25, -0.2) is 0 Å². The maximum atomic E-state index is 2.70. The first-order valence-electron chi connectivity index (χ1n) is 16.0. The van der Waals surface area contributed by atoms with Gasteiger partial charge in [0.1, 0.15) is 0 Å². The summed E-state index contributed by atoms with van der Waals surface area (Å²) in [7, 11) is 0. The van der Waals surface area contributed by atoms with Crippen molar-refractivity contribution in [1.29, 1.82) is 0 Å². The number of hydrogen-bond donors (Lipinski definition) is 0. The number of benzene rings is 4. The van der Waals surface area contributed by atoms with Crippen LogP contribution in [0.1, 0.15) is 85.0 Å². The molecule has 4 aromatic rings. The van der Waals surface area contributed by atoms with Gasteiger partial charge < -0.3 is 0 Å². The molecule has 2 aliphatic carbocycles. The third kappa shape index (κ3) is 5.35. The second kappa shape index (κ2) is 12.4. The first kappa shape index (κ1) is 29.2. The molecule has 0 amide bonds. The van der Waals surface area contributed by atoms with Gasteiger partial charge in [0, 0.05) is 0 Å². The standard InChI is InChI=1S/C17H17.C13H10.C11H17.Zr/c1-3-12-5-7-16-14(9-12)11-15-10-13(4-2)6-8-17(15)16;1-3-7-12(8-4-1)11-13-9-5-2-6-10-13;1-8(2)10-6-5-7-11(10)9(3)4;/h5-11H,3-4H2,1-2H3;1-10H;6,8-9H,7H2,1-4H3;. The van der Waals surface area contributed by atoms with E-state index in [1.807, 2.05) is 0 Å². The summed E-state index contributed by atoms with van der Waals surface area (Å²) >= 11 is -2.74. The van der Waals surface area contributed by atoms with Gasteiger partial charge in [0.15, 0.2) is 0 Å². The van der Waals surface area contributed by atoms with Gasteiger partial charge >= 0.3 is 263 Å². The number of aryl methyl sites for hydroxylation is 2. The Morgan fingerprint density at radius 2 is 1.17 bits per heavy atom. The Kier molecular flexibility index (Phi) is 8.61. The van der Waals surface area contributed by atoms with Crippen molar-refractivity contribution in [3.8, 4) is 11.1 Å². The Labute approximate surface area is 261 Å². The third-order valence-corrected chi connectivity index (χ3v) is 17.6. The van der Waals surface area contributed by atoms with Crippen molar-refractivity contribution in [3.05, 3.63) is 151 Å². The van der Waals surface area contributed by atoms with Gasteiger partial charge in [0.25, 0.3) is 0 Å². The van der Waals surface area contributed by atoms with E-state index in [9.17, 15) is 0 Å². The first-order valence-corrected chi connectivity index (χ1v) is 19.8. The SMILES string of the molecule is CCc1ccc2c(c1)[CH]([Zr]([C]1=CC(C(C)C)=C(C(C)C)C1)=[C](c1ccccc1)c1ccccc1)c1cc(CC)ccc1-2. The summed E-state index contributed by atoms with van der Waals surface area (Å²) in [4.78, 5) is 0. The summed E-state index contributed by atoms with van der Waals surface area (Å²) in [5.41, 5.74) is 15.1. The van der Waals surface area contributed by atoms with Gasteiger partial charge in [0.05, 0.1) is 0 Å². The zero-order valence-electron chi connectivity index (χ0n) is 26.2. The normalized spacial score (nSPS) is 14.4. The van der Waals surface area contributed by atoms with Crippen LogP contribution in [0.2, 0.25) is 0 Å². The monoisotopic (exact) mass is 626 g/mol. The van der Waals surface area contributed by atoms with E-state index in [-0.39, 0.29) is 0 Å².